The van der Waals surface area contributed by atoms with E-state index < -0.39 is 0 Å². The molecule has 3 nitrogen and oxygen atoms in total. The molecule has 4 saturated carbocycles. The average Bonchev–Trinajstić information content (AvgIpc) is 2.74. The standard InChI is InChI=1S/C30H48O3/c1-25(2)22-8-11-30(7)24(28(22,5)10-9-23(25)33)21(32)16-19-20-17-26(3,18-31)12-13-27(20,4)14-15-29(19,30)6/h16,20,22-24,31,33H,8-15,17-18H2,1-7H3/t20-,22?,23-,24?,26-,27+,28-,29+,30+/m0/s1. The van der Waals surface area contributed by atoms with Crippen LogP contribution in [0.1, 0.15) is 106 Å². The first-order chi connectivity index (χ1) is 15.2. The van der Waals surface area contributed by atoms with Crippen molar-refractivity contribution in [2.75, 3.05) is 6.61 Å². The van der Waals surface area contributed by atoms with Gasteiger partial charge in [-0.2, -0.15) is 0 Å². The maximum absolute atomic E-state index is 14.2. The van der Waals surface area contributed by atoms with Crippen LogP contribution in [-0.4, -0.2) is 28.7 Å². The van der Waals surface area contributed by atoms with E-state index in [0.29, 0.717) is 17.6 Å². The fourth-order valence-electron chi connectivity index (χ4n) is 10.4. The summed E-state index contributed by atoms with van der Waals surface area (Å²) in [6, 6.07) is 0. The van der Waals surface area contributed by atoms with Crippen LogP contribution < -0.4 is 0 Å². The molecule has 0 aromatic carbocycles. The molecule has 0 aliphatic heterocycles. The van der Waals surface area contributed by atoms with E-state index in [1.54, 1.807) is 0 Å². The summed E-state index contributed by atoms with van der Waals surface area (Å²) in [5, 5.41) is 21.1. The number of fused-ring (bicyclic) bond motifs is 7. The van der Waals surface area contributed by atoms with Crippen molar-refractivity contribution in [3.05, 3.63) is 11.6 Å². The molecule has 0 aromatic rings. The van der Waals surface area contributed by atoms with Crippen molar-refractivity contribution in [1.29, 1.82) is 0 Å². The summed E-state index contributed by atoms with van der Waals surface area (Å²) < 4.78 is 0. The third-order valence-electron chi connectivity index (χ3n) is 13.0. The molecule has 33 heavy (non-hydrogen) atoms. The van der Waals surface area contributed by atoms with Gasteiger partial charge in [-0.05, 0) is 108 Å². The van der Waals surface area contributed by atoms with Gasteiger partial charge in [-0.1, -0.05) is 54.0 Å². The van der Waals surface area contributed by atoms with Crippen molar-refractivity contribution in [1.82, 2.24) is 0 Å². The zero-order chi connectivity index (χ0) is 24.2. The Balaban J connectivity index is 1.62. The highest BCUT2D eigenvalue weighted by Crippen LogP contribution is 2.75. The maximum atomic E-state index is 14.2. The molecule has 9 atom stereocenters. The number of aliphatic hydroxyl groups is 2. The number of aliphatic hydroxyl groups excluding tert-OH is 2. The van der Waals surface area contributed by atoms with E-state index in [4.69, 9.17) is 0 Å². The fourth-order valence-corrected chi connectivity index (χ4v) is 10.4. The molecule has 0 bridgehead atoms. The van der Waals surface area contributed by atoms with Gasteiger partial charge in [0.1, 0.15) is 0 Å². The van der Waals surface area contributed by atoms with Crippen LogP contribution in [0.25, 0.3) is 0 Å². The van der Waals surface area contributed by atoms with Crippen molar-refractivity contribution < 1.29 is 15.0 Å². The molecule has 5 aliphatic carbocycles. The van der Waals surface area contributed by atoms with Crippen LogP contribution in [0, 0.1) is 50.2 Å². The molecule has 0 saturated heterocycles. The highest BCUT2D eigenvalue weighted by molar-refractivity contribution is 5.95. The molecule has 0 aromatic heterocycles. The summed E-state index contributed by atoms with van der Waals surface area (Å²) in [6.07, 6.45) is 11.5. The maximum Gasteiger partial charge on any atom is 0.159 e. The Bertz CT molecular complexity index is 889. The summed E-state index contributed by atoms with van der Waals surface area (Å²) in [4.78, 5) is 14.2. The minimum Gasteiger partial charge on any atom is -0.396 e. The van der Waals surface area contributed by atoms with Crippen molar-refractivity contribution in [3.8, 4) is 0 Å². The van der Waals surface area contributed by atoms with Gasteiger partial charge in [-0.15, -0.1) is 0 Å². The van der Waals surface area contributed by atoms with Crippen molar-refractivity contribution >= 4 is 5.78 Å². The van der Waals surface area contributed by atoms with Gasteiger partial charge in [0.15, 0.2) is 5.78 Å². The van der Waals surface area contributed by atoms with E-state index in [9.17, 15) is 15.0 Å². The molecule has 2 N–H and O–H groups in total. The summed E-state index contributed by atoms with van der Waals surface area (Å²) in [5.74, 6) is 1.20. The van der Waals surface area contributed by atoms with Gasteiger partial charge in [0.2, 0.25) is 0 Å². The van der Waals surface area contributed by atoms with E-state index in [1.807, 2.05) is 0 Å². The van der Waals surface area contributed by atoms with Gasteiger partial charge in [-0.25, -0.2) is 0 Å². The molecule has 0 radical (unpaired) electrons. The number of allylic oxidation sites excluding steroid dienone is 2. The van der Waals surface area contributed by atoms with Gasteiger partial charge in [0.05, 0.1) is 6.10 Å². The Morgan fingerprint density at radius 2 is 1.58 bits per heavy atom. The lowest BCUT2D eigenvalue weighted by atomic mass is 9.33. The smallest absolute Gasteiger partial charge is 0.159 e. The number of carbonyl (C=O) groups excluding carboxylic acids is 1. The zero-order valence-corrected chi connectivity index (χ0v) is 22.3. The van der Waals surface area contributed by atoms with E-state index >= 15 is 0 Å². The molecule has 0 heterocycles. The fraction of sp³-hybridized carbons (Fsp3) is 0.900. The van der Waals surface area contributed by atoms with Crippen LogP contribution in [0.4, 0.5) is 0 Å². The minimum atomic E-state index is -0.269. The zero-order valence-electron chi connectivity index (χ0n) is 22.3. The Morgan fingerprint density at radius 3 is 2.24 bits per heavy atom. The van der Waals surface area contributed by atoms with Crippen LogP contribution >= 0.6 is 0 Å². The third kappa shape index (κ3) is 2.90. The second-order valence-corrected chi connectivity index (χ2v) is 15.0. The molecule has 2 unspecified atom stereocenters. The van der Waals surface area contributed by atoms with Crippen molar-refractivity contribution in [3.63, 3.8) is 0 Å². The van der Waals surface area contributed by atoms with Crippen LogP contribution in [0.15, 0.2) is 11.6 Å². The highest BCUT2D eigenvalue weighted by Gasteiger charge is 2.70. The van der Waals surface area contributed by atoms with Crippen LogP contribution in [0.5, 0.6) is 0 Å². The predicted octanol–water partition coefficient (Wildman–Crippen LogP) is 6.32. The Hall–Kier alpha value is -0.670. The van der Waals surface area contributed by atoms with Gasteiger partial charge in [-0.3, -0.25) is 4.79 Å². The minimum absolute atomic E-state index is 0.0305. The lowest BCUT2D eigenvalue weighted by Gasteiger charge is -2.70. The Kier molecular flexibility index (Phi) is 5.07. The second kappa shape index (κ2) is 6.96. The van der Waals surface area contributed by atoms with E-state index in [1.165, 1.54) is 18.4 Å². The SMILES string of the molecule is CC1(C)C2CC[C@]3(C)C(C(=O)C=C4[C@@H]5C[C@@](C)(CO)CC[C@]5(C)CC[C@]43C)[C@@]2(C)CC[C@@H]1O. The monoisotopic (exact) mass is 456 g/mol. The lowest BCUT2D eigenvalue weighted by molar-refractivity contribution is -0.202. The molecule has 5 rings (SSSR count). The molecule has 4 fully saturated rings. The topological polar surface area (TPSA) is 57.5 Å². The first-order valence-electron chi connectivity index (χ1n) is 13.7. The first-order valence-corrected chi connectivity index (χ1v) is 13.7. The second-order valence-electron chi connectivity index (χ2n) is 15.0. The highest BCUT2D eigenvalue weighted by atomic mass is 16.3. The van der Waals surface area contributed by atoms with Gasteiger partial charge >= 0.3 is 0 Å². The molecule has 186 valence electrons. The average molecular weight is 457 g/mol. The quantitative estimate of drug-likeness (QED) is 0.485. The third-order valence-corrected chi connectivity index (χ3v) is 13.0. The van der Waals surface area contributed by atoms with Gasteiger partial charge < -0.3 is 10.2 Å². The van der Waals surface area contributed by atoms with Crippen LogP contribution in [-0.2, 0) is 4.79 Å². The van der Waals surface area contributed by atoms with E-state index in [2.05, 4.69) is 54.5 Å². The Morgan fingerprint density at radius 1 is 0.909 bits per heavy atom. The molecule has 0 spiro atoms. The number of hydrogen-bond donors (Lipinski definition) is 2. The van der Waals surface area contributed by atoms with Crippen LogP contribution in [0.3, 0.4) is 0 Å². The normalized spacial score (nSPS) is 55.5. The summed E-state index contributed by atoms with van der Waals surface area (Å²) >= 11 is 0. The number of ketones is 1. The number of carbonyl (C=O) groups is 1. The number of rotatable bonds is 1. The molecular weight excluding hydrogens is 408 g/mol. The van der Waals surface area contributed by atoms with Gasteiger partial charge in [0.25, 0.3) is 0 Å². The number of hydrogen-bond acceptors (Lipinski definition) is 3. The van der Waals surface area contributed by atoms with Crippen LogP contribution in [0.2, 0.25) is 0 Å². The summed E-state index contributed by atoms with van der Waals surface area (Å²) in [6.45, 7) is 16.8. The summed E-state index contributed by atoms with van der Waals surface area (Å²) in [7, 11) is 0. The largest absolute Gasteiger partial charge is 0.396 e. The van der Waals surface area contributed by atoms with Crippen molar-refractivity contribution in [2.45, 2.75) is 112 Å². The molecule has 3 heteroatoms. The molecular formula is C30H48O3. The molecule has 0 amide bonds. The lowest BCUT2D eigenvalue weighted by Crippen LogP contribution is -2.66. The van der Waals surface area contributed by atoms with Crippen molar-refractivity contribution in [2.24, 2.45) is 50.2 Å². The van der Waals surface area contributed by atoms with E-state index in [-0.39, 0.29) is 51.1 Å². The molecule has 5 aliphatic rings. The Labute approximate surface area is 201 Å². The predicted molar refractivity (Wildman–Crippen MR) is 133 cm³/mol. The van der Waals surface area contributed by atoms with E-state index in [0.717, 1.165) is 44.9 Å². The van der Waals surface area contributed by atoms with Gasteiger partial charge in [0, 0.05) is 12.5 Å². The summed E-state index contributed by atoms with van der Waals surface area (Å²) in [5.41, 5.74) is 1.46. The first kappa shape index (κ1) is 24.0.